The summed E-state index contributed by atoms with van der Waals surface area (Å²) in [6.07, 6.45) is 5.81. The molecule has 1 aliphatic heterocycles. The average Bonchev–Trinajstić information content (AvgIpc) is 2.94. The Labute approximate surface area is 92.2 Å². The molecule has 2 aliphatic rings. The first-order valence-corrected chi connectivity index (χ1v) is 6.22. The van der Waals surface area contributed by atoms with Crippen LogP contribution in [0.2, 0.25) is 0 Å². The van der Waals surface area contributed by atoms with Gasteiger partial charge in [0.2, 0.25) is 5.91 Å². The van der Waals surface area contributed by atoms with Crippen molar-refractivity contribution in [1.29, 1.82) is 0 Å². The largest absolute Gasteiger partial charge is 0.342 e. The van der Waals surface area contributed by atoms with Gasteiger partial charge in [-0.1, -0.05) is 12.8 Å². The lowest BCUT2D eigenvalue weighted by molar-refractivity contribution is -0.130. The second kappa shape index (κ2) is 4.97. The van der Waals surface area contributed by atoms with Crippen LogP contribution in [0.15, 0.2) is 0 Å². The number of likely N-dealkylation sites (tertiary alicyclic amines) is 1. The third-order valence-corrected chi connectivity index (χ3v) is 3.59. The van der Waals surface area contributed by atoms with Crippen LogP contribution in [0.1, 0.15) is 32.1 Å². The topological polar surface area (TPSA) is 32.3 Å². The fourth-order valence-electron chi connectivity index (χ4n) is 2.41. The molecule has 1 unspecified atom stereocenters. The monoisotopic (exact) mass is 210 g/mol. The van der Waals surface area contributed by atoms with Crippen molar-refractivity contribution in [3.63, 3.8) is 0 Å². The summed E-state index contributed by atoms with van der Waals surface area (Å²) in [6.45, 7) is 3.01. The molecule has 86 valence electrons. The van der Waals surface area contributed by atoms with Gasteiger partial charge in [-0.15, -0.1) is 0 Å². The van der Waals surface area contributed by atoms with Gasteiger partial charge in [-0.3, -0.25) is 4.79 Å². The van der Waals surface area contributed by atoms with Crippen LogP contribution in [0.3, 0.4) is 0 Å². The number of nitrogens with zero attached hydrogens (tertiary/aromatic N) is 1. The van der Waals surface area contributed by atoms with Crippen molar-refractivity contribution in [3.05, 3.63) is 0 Å². The normalized spacial score (nSPS) is 25.9. The van der Waals surface area contributed by atoms with Crippen molar-refractivity contribution in [2.75, 3.05) is 26.7 Å². The van der Waals surface area contributed by atoms with Gasteiger partial charge >= 0.3 is 0 Å². The fourth-order valence-corrected chi connectivity index (χ4v) is 2.41. The average molecular weight is 210 g/mol. The lowest BCUT2D eigenvalue weighted by Gasteiger charge is -2.16. The number of amides is 1. The number of rotatable bonds is 5. The molecule has 1 heterocycles. The number of carbonyl (C=O) groups excluding carboxylic acids is 1. The minimum atomic E-state index is 0.389. The number of hydrogen-bond acceptors (Lipinski definition) is 2. The molecule has 0 bridgehead atoms. The molecule has 0 radical (unpaired) electrons. The Morgan fingerprint density at radius 1 is 1.33 bits per heavy atom. The maximum atomic E-state index is 11.8. The molecule has 0 aromatic rings. The lowest BCUT2D eigenvalue weighted by atomic mass is 10.1. The Balaban J connectivity index is 1.67. The summed E-state index contributed by atoms with van der Waals surface area (Å²) in [7, 11) is 1.98. The smallest absolute Gasteiger partial charge is 0.222 e. The van der Waals surface area contributed by atoms with Crippen LogP contribution in [0.4, 0.5) is 0 Å². The Hall–Kier alpha value is -0.570. The molecule has 1 N–H and O–H groups in total. The first kappa shape index (κ1) is 10.9. The molecule has 15 heavy (non-hydrogen) atoms. The SMILES string of the molecule is CNCC1CCN(C(=O)CCC2CC2)C1. The minimum absolute atomic E-state index is 0.389. The standard InChI is InChI=1S/C12H22N2O/c1-13-8-11-6-7-14(9-11)12(15)5-4-10-2-3-10/h10-11,13H,2-9H2,1H3. The van der Waals surface area contributed by atoms with Gasteiger partial charge < -0.3 is 10.2 Å². The van der Waals surface area contributed by atoms with E-state index in [1.165, 1.54) is 19.3 Å². The van der Waals surface area contributed by atoms with Crippen molar-refractivity contribution in [3.8, 4) is 0 Å². The summed E-state index contributed by atoms with van der Waals surface area (Å²) < 4.78 is 0. The maximum Gasteiger partial charge on any atom is 0.222 e. The third-order valence-electron chi connectivity index (χ3n) is 3.59. The Morgan fingerprint density at radius 3 is 2.80 bits per heavy atom. The van der Waals surface area contributed by atoms with Crippen molar-refractivity contribution >= 4 is 5.91 Å². The maximum absolute atomic E-state index is 11.8. The number of hydrogen-bond donors (Lipinski definition) is 1. The molecule has 3 heteroatoms. The number of nitrogens with one attached hydrogen (secondary N) is 1. The van der Waals surface area contributed by atoms with Crippen molar-refractivity contribution in [2.24, 2.45) is 11.8 Å². The molecule has 1 atom stereocenters. The first-order chi connectivity index (χ1) is 7.29. The van der Waals surface area contributed by atoms with Gasteiger partial charge in [-0.2, -0.15) is 0 Å². The predicted molar refractivity (Wildman–Crippen MR) is 60.6 cm³/mol. The van der Waals surface area contributed by atoms with Gasteiger partial charge in [0, 0.05) is 19.5 Å². The summed E-state index contributed by atoms with van der Waals surface area (Å²) in [5, 5.41) is 3.19. The summed E-state index contributed by atoms with van der Waals surface area (Å²) in [6, 6.07) is 0. The van der Waals surface area contributed by atoms with E-state index in [1.54, 1.807) is 0 Å². The molecule has 0 aromatic heterocycles. The highest BCUT2D eigenvalue weighted by Crippen LogP contribution is 2.33. The summed E-state index contributed by atoms with van der Waals surface area (Å²) in [5.74, 6) is 1.95. The van der Waals surface area contributed by atoms with Crippen molar-refractivity contribution in [2.45, 2.75) is 32.1 Å². The summed E-state index contributed by atoms with van der Waals surface area (Å²) >= 11 is 0. The zero-order valence-corrected chi connectivity index (χ0v) is 9.67. The molecular weight excluding hydrogens is 188 g/mol. The Kier molecular flexibility index (Phi) is 3.62. The van der Waals surface area contributed by atoms with Crippen LogP contribution >= 0.6 is 0 Å². The third kappa shape index (κ3) is 3.20. The van der Waals surface area contributed by atoms with Gasteiger partial charge in [0.25, 0.3) is 0 Å². The predicted octanol–water partition coefficient (Wildman–Crippen LogP) is 1.24. The lowest BCUT2D eigenvalue weighted by Crippen LogP contribution is -2.30. The Morgan fingerprint density at radius 2 is 2.13 bits per heavy atom. The number of carbonyl (C=O) groups is 1. The molecule has 3 nitrogen and oxygen atoms in total. The van der Waals surface area contributed by atoms with Crippen LogP contribution in [-0.4, -0.2) is 37.5 Å². The molecule has 1 saturated heterocycles. The molecule has 1 aliphatic carbocycles. The van der Waals surface area contributed by atoms with E-state index in [1.807, 2.05) is 7.05 Å². The quantitative estimate of drug-likeness (QED) is 0.740. The van der Waals surface area contributed by atoms with E-state index >= 15 is 0 Å². The highest BCUT2D eigenvalue weighted by molar-refractivity contribution is 5.76. The van der Waals surface area contributed by atoms with Crippen LogP contribution in [0.25, 0.3) is 0 Å². The molecule has 2 rings (SSSR count). The van der Waals surface area contributed by atoms with Crippen molar-refractivity contribution in [1.82, 2.24) is 10.2 Å². The van der Waals surface area contributed by atoms with Gasteiger partial charge in [0.15, 0.2) is 0 Å². The highest BCUT2D eigenvalue weighted by atomic mass is 16.2. The van der Waals surface area contributed by atoms with Crippen LogP contribution in [0.5, 0.6) is 0 Å². The summed E-state index contributed by atoms with van der Waals surface area (Å²) in [5.41, 5.74) is 0. The fraction of sp³-hybridized carbons (Fsp3) is 0.917. The zero-order valence-electron chi connectivity index (χ0n) is 9.67. The van der Waals surface area contributed by atoms with Gasteiger partial charge in [-0.05, 0) is 38.3 Å². The van der Waals surface area contributed by atoms with Gasteiger partial charge in [0.1, 0.15) is 0 Å². The zero-order chi connectivity index (χ0) is 10.7. The molecule has 2 fully saturated rings. The molecule has 1 saturated carbocycles. The van der Waals surface area contributed by atoms with E-state index in [0.29, 0.717) is 11.8 Å². The second-order valence-corrected chi connectivity index (χ2v) is 5.03. The molecule has 1 amide bonds. The highest BCUT2D eigenvalue weighted by Gasteiger charge is 2.27. The molecule has 0 aromatic carbocycles. The van der Waals surface area contributed by atoms with E-state index < -0.39 is 0 Å². The molecule has 0 spiro atoms. The summed E-state index contributed by atoms with van der Waals surface area (Å²) in [4.78, 5) is 13.9. The van der Waals surface area contributed by atoms with Crippen LogP contribution in [0, 0.1) is 11.8 Å². The van der Waals surface area contributed by atoms with E-state index in [-0.39, 0.29) is 0 Å². The Bertz CT molecular complexity index is 226. The van der Waals surface area contributed by atoms with E-state index in [2.05, 4.69) is 10.2 Å². The second-order valence-electron chi connectivity index (χ2n) is 5.03. The van der Waals surface area contributed by atoms with E-state index in [4.69, 9.17) is 0 Å². The first-order valence-electron chi connectivity index (χ1n) is 6.22. The molecular formula is C12H22N2O. The van der Waals surface area contributed by atoms with Crippen LogP contribution < -0.4 is 5.32 Å². The van der Waals surface area contributed by atoms with E-state index in [9.17, 15) is 4.79 Å². The van der Waals surface area contributed by atoms with Crippen molar-refractivity contribution < 1.29 is 4.79 Å². The van der Waals surface area contributed by atoms with Gasteiger partial charge in [0.05, 0.1) is 0 Å². The minimum Gasteiger partial charge on any atom is -0.342 e. The van der Waals surface area contributed by atoms with Crippen LogP contribution in [-0.2, 0) is 4.79 Å². The van der Waals surface area contributed by atoms with E-state index in [0.717, 1.165) is 38.4 Å². The van der Waals surface area contributed by atoms with Gasteiger partial charge in [-0.25, -0.2) is 0 Å².